The second-order valence-electron chi connectivity index (χ2n) is 4.99. The summed E-state index contributed by atoms with van der Waals surface area (Å²) in [6, 6.07) is 6.92. The number of amides is 2. The Morgan fingerprint density at radius 2 is 1.70 bits per heavy atom. The van der Waals surface area contributed by atoms with Crippen molar-refractivity contribution in [3.8, 4) is 0 Å². The Balaban J connectivity index is 0.00000264. The first-order valence-corrected chi connectivity index (χ1v) is 7.66. The van der Waals surface area contributed by atoms with Gasteiger partial charge in [0.2, 0.25) is 0 Å². The highest BCUT2D eigenvalue weighted by Gasteiger charge is 2.34. The van der Waals surface area contributed by atoms with Gasteiger partial charge in [-0.2, -0.15) is 0 Å². The van der Waals surface area contributed by atoms with Crippen LogP contribution in [0, 0.1) is 0 Å². The van der Waals surface area contributed by atoms with Crippen LogP contribution in [0.25, 0.3) is 0 Å². The molecule has 0 bridgehead atoms. The lowest BCUT2D eigenvalue weighted by molar-refractivity contribution is 0.0657. The van der Waals surface area contributed by atoms with Gasteiger partial charge in [-0.05, 0) is 25.5 Å². The minimum absolute atomic E-state index is 0. The van der Waals surface area contributed by atoms with Gasteiger partial charge in [-0.3, -0.25) is 19.5 Å². The Morgan fingerprint density at radius 1 is 1.09 bits per heavy atom. The molecule has 2 amide bonds. The van der Waals surface area contributed by atoms with E-state index in [1.54, 1.807) is 24.3 Å². The predicted octanol–water partition coefficient (Wildman–Crippen LogP) is 1.87. The number of imide groups is 1. The number of aliphatic imine (C=N–C) groups is 1. The van der Waals surface area contributed by atoms with Gasteiger partial charge in [0, 0.05) is 26.2 Å². The monoisotopic (exact) mass is 430 g/mol. The number of carbonyl (C=O) groups is 2. The molecular weight excluding hydrogens is 407 g/mol. The van der Waals surface area contributed by atoms with Crippen LogP contribution in [0.3, 0.4) is 0 Å². The number of fused-ring (bicyclic) bond motifs is 1. The van der Waals surface area contributed by atoms with E-state index in [0.29, 0.717) is 30.2 Å². The largest absolute Gasteiger partial charge is 0.357 e. The van der Waals surface area contributed by atoms with Gasteiger partial charge < -0.3 is 10.6 Å². The summed E-state index contributed by atoms with van der Waals surface area (Å²) in [5.74, 6) is 0.261. The van der Waals surface area contributed by atoms with E-state index in [9.17, 15) is 9.59 Å². The van der Waals surface area contributed by atoms with Gasteiger partial charge >= 0.3 is 0 Å². The van der Waals surface area contributed by atoms with Crippen molar-refractivity contribution < 1.29 is 9.59 Å². The molecule has 0 aromatic heterocycles. The third-order valence-corrected chi connectivity index (χ3v) is 3.34. The molecule has 6 nitrogen and oxygen atoms in total. The molecule has 0 radical (unpaired) electrons. The highest BCUT2D eigenvalue weighted by Crippen LogP contribution is 2.21. The van der Waals surface area contributed by atoms with Gasteiger partial charge in [-0.15, -0.1) is 24.0 Å². The lowest BCUT2D eigenvalue weighted by atomic mass is 10.1. The zero-order valence-electron chi connectivity index (χ0n) is 13.5. The van der Waals surface area contributed by atoms with Crippen LogP contribution in [0.2, 0.25) is 0 Å². The predicted molar refractivity (Wildman–Crippen MR) is 101 cm³/mol. The molecule has 0 aliphatic carbocycles. The molecule has 1 aromatic rings. The maximum absolute atomic E-state index is 12.2. The van der Waals surface area contributed by atoms with Crippen molar-refractivity contribution in [3.05, 3.63) is 35.4 Å². The first kappa shape index (κ1) is 19.4. The van der Waals surface area contributed by atoms with E-state index in [4.69, 9.17) is 0 Å². The molecule has 0 spiro atoms. The molecule has 1 aliphatic heterocycles. The summed E-state index contributed by atoms with van der Waals surface area (Å²) >= 11 is 0. The lowest BCUT2D eigenvalue weighted by Gasteiger charge is -2.16. The van der Waals surface area contributed by atoms with Crippen molar-refractivity contribution in [1.82, 2.24) is 15.5 Å². The fourth-order valence-corrected chi connectivity index (χ4v) is 2.29. The van der Waals surface area contributed by atoms with Crippen molar-refractivity contribution in [2.24, 2.45) is 4.99 Å². The van der Waals surface area contributed by atoms with Gasteiger partial charge in [-0.25, -0.2) is 0 Å². The van der Waals surface area contributed by atoms with E-state index < -0.39 is 0 Å². The number of rotatable bonds is 6. The second-order valence-corrected chi connectivity index (χ2v) is 4.99. The first-order chi connectivity index (χ1) is 10.7. The third kappa shape index (κ3) is 4.66. The van der Waals surface area contributed by atoms with Gasteiger partial charge in [-0.1, -0.05) is 19.1 Å². The van der Waals surface area contributed by atoms with E-state index in [0.717, 1.165) is 19.5 Å². The molecule has 2 rings (SSSR count). The molecule has 23 heavy (non-hydrogen) atoms. The molecule has 1 aromatic carbocycles. The molecule has 0 atom stereocenters. The van der Waals surface area contributed by atoms with Crippen molar-refractivity contribution in [3.63, 3.8) is 0 Å². The molecule has 126 valence electrons. The summed E-state index contributed by atoms with van der Waals surface area (Å²) in [4.78, 5) is 30.1. The van der Waals surface area contributed by atoms with E-state index >= 15 is 0 Å². The topological polar surface area (TPSA) is 73.8 Å². The number of halogens is 1. The maximum Gasteiger partial charge on any atom is 0.261 e. The standard InChI is InChI=1S/C16H22N4O2.HI/c1-3-9-18-16(17-4-2)19-10-11-20-14(21)12-7-5-6-8-13(12)15(20)22;/h5-8H,3-4,9-11H2,1-2H3,(H2,17,18,19);1H. The van der Waals surface area contributed by atoms with E-state index in [2.05, 4.69) is 22.5 Å². The zero-order valence-corrected chi connectivity index (χ0v) is 15.8. The Kier molecular flexibility index (Phi) is 8.01. The second kappa shape index (κ2) is 9.49. The Bertz CT molecular complexity index is 554. The molecule has 7 heteroatoms. The van der Waals surface area contributed by atoms with Crippen molar-refractivity contribution in [2.75, 3.05) is 26.2 Å². The molecule has 0 fully saturated rings. The van der Waals surface area contributed by atoms with Crippen LogP contribution in [0.4, 0.5) is 0 Å². The van der Waals surface area contributed by atoms with Crippen LogP contribution in [0.15, 0.2) is 29.3 Å². The van der Waals surface area contributed by atoms with E-state index in [1.165, 1.54) is 4.90 Å². The number of guanidine groups is 1. The number of hydrogen-bond donors (Lipinski definition) is 2. The molecule has 1 heterocycles. The van der Waals surface area contributed by atoms with Crippen molar-refractivity contribution in [1.29, 1.82) is 0 Å². The Labute approximate surface area is 153 Å². The molecular formula is C16H23IN4O2. The summed E-state index contributed by atoms with van der Waals surface area (Å²) in [5.41, 5.74) is 0.970. The lowest BCUT2D eigenvalue weighted by Crippen LogP contribution is -2.43. The number of hydrogen-bond acceptors (Lipinski definition) is 3. The number of carbonyl (C=O) groups excluding carboxylic acids is 2. The summed E-state index contributed by atoms with van der Waals surface area (Å²) in [6.45, 7) is 6.36. The average molecular weight is 430 g/mol. The zero-order chi connectivity index (χ0) is 15.9. The highest BCUT2D eigenvalue weighted by atomic mass is 127. The van der Waals surface area contributed by atoms with Crippen molar-refractivity contribution in [2.45, 2.75) is 20.3 Å². The first-order valence-electron chi connectivity index (χ1n) is 7.66. The van der Waals surface area contributed by atoms with Crippen LogP contribution >= 0.6 is 24.0 Å². The highest BCUT2D eigenvalue weighted by molar-refractivity contribution is 14.0. The van der Waals surface area contributed by atoms with E-state index in [1.807, 2.05) is 6.92 Å². The van der Waals surface area contributed by atoms with Gasteiger partial charge in [0.15, 0.2) is 5.96 Å². The number of nitrogens with one attached hydrogen (secondary N) is 2. The van der Waals surface area contributed by atoms with Gasteiger partial charge in [0.25, 0.3) is 11.8 Å². The summed E-state index contributed by atoms with van der Waals surface area (Å²) in [6.07, 6.45) is 0.967. The minimum atomic E-state index is -0.224. The third-order valence-electron chi connectivity index (χ3n) is 3.34. The van der Waals surface area contributed by atoms with Crippen LogP contribution in [0.1, 0.15) is 41.0 Å². The molecule has 1 aliphatic rings. The summed E-state index contributed by atoms with van der Waals surface area (Å²) < 4.78 is 0. The SMILES string of the molecule is CCCN=C(NCC)NCCN1C(=O)c2ccccc2C1=O.I. The number of benzene rings is 1. The van der Waals surface area contributed by atoms with Gasteiger partial charge in [0.05, 0.1) is 11.1 Å². The number of nitrogens with zero attached hydrogens (tertiary/aromatic N) is 2. The Hall–Kier alpha value is -1.64. The molecule has 0 unspecified atom stereocenters. The normalized spacial score (nSPS) is 13.7. The minimum Gasteiger partial charge on any atom is -0.357 e. The summed E-state index contributed by atoms with van der Waals surface area (Å²) in [7, 11) is 0. The van der Waals surface area contributed by atoms with Crippen molar-refractivity contribution >= 4 is 41.8 Å². The van der Waals surface area contributed by atoms with Crippen LogP contribution in [-0.2, 0) is 0 Å². The molecule has 0 saturated carbocycles. The molecule has 0 saturated heterocycles. The quantitative estimate of drug-likeness (QED) is 0.313. The van der Waals surface area contributed by atoms with Crippen LogP contribution in [-0.4, -0.2) is 48.9 Å². The summed E-state index contributed by atoms with van der Waals surface area (Å²) in [5, 5.41) is 6.28. The van der Waals surface area contributed by atoms with Crippen LogP contribution in [0.5, 0.6) is 0 Å². The van der Waals surface area contributed by atoms with Gasteiger partial charge in [0.1, 0.15) is 0 Å². The van der Waals surface area contributed by atoms with Crippen LogP contribution < -0.4 is 10.6 Å². The average Bonchev–Trinajstić information content (AvgIpc) is 2.78. The molecule has 2 N–H and O–H groups in total. The van der Waals surface area contributed by atoms with E-state index in [-0.39, 0.29) is 35.8 Å². The fraction of sp³-hybridized carbons (Fsp3) is 0.438. The Morgan fingerprint density at radius 3 is 2.22 bits per heavy atom. The maximum atomic E-state index is 12.2. The fourth-order valence-electron chi connectivity index (χ4n) is 2.29. The smallest absolute Gasteiger partial charge is 0.261 e.